The molecule has 2 aromatic heterocycles. The van der Waals surface area contributed by atoms with Crippen molar-refractivity contribution in [3.8, 4) is 22.1 Å². The van der Waals surface area contributed by atoms with Crippen LogP contribution in [0.2, 0.25) is 0 Å². The number of thiophene rings is 1. The maximum absolute atomic E-state index is 12.2. The molecule has 130 valence electrons. The van der Waals surface area contributed by atoms with E-state index in [-0.39, 0.29) is 5.91 Å². The molecular formula is C18H18N2O3S2. The fourth-order valence-electron chi connectivity index (χ4n) is 2.34. The summed E-state index contributed by atoms with van der Waals surface area (Å²) in [5, 5.41) is 7.45. The number of carbonyl (C=O) groups excluding carboxylic acids is 1. The number of aryl methyl sites for hydroxylation is 1. The molecular weight excluding hydrogens is 356 g/mol. The third-order valence-corrected chi connectivity index (χ3v) is 5.26. The van der Waals surface area contributed by atoms with E-state index in [1.54, 1.807) is 25.6 Å². The number of carbonyl (C=O) groups is 1. The first-order valence-electron chi connectivity index (χ1n) is 7.69. The van der Waals surface area contributed by atoms with E-state index in [1.165, 1.54) is 11.3 Å². The lowest BCUT2D eigenvalue weighted by Crippen LogP contribution is -2.12. The first-order valence-corrected chi connectivity index (χ1v) is 9.45. The molecule has 0 aliphatic carbocycles. The van der Waals surface area contributed by atoms with Gasteiger partial charge in [0.1, 0.15) is 0 Å². The van der Waals surface area contributed by atoms with Crippen LogP contribution in [-0.4, -0.2) is 25.1 Å². The number of ether oxygens (including phenoxy) is 2. The van der Waals surface area contributed by atoms with Gasteiger partial charge in [0.05, 0.1) is 24.8 Å². The molecule has 1 aromatic carbocycles. The van der Waals surface area contributed by atoms with Crippen LogP contribution in [0.3, 0.4) is 0 Å². The molecule has 2 heterocycles. The standard InChI is InChI=1S/C18H18N2O3S2/c1-22-14-7-5-12(10-15(14)23-2)6-8-17(21)20-18-19-13(11-25-18)16-4-3-9-24-16/h3-5,7,9-11H,6,8H2,1-2H3,(H,19,20,21). The van der Waals surface area contributed by atoms with Crippen LogP contribution in [0.5, 0.6) is 11.5 Å². The van der Waals surface area contributed by atoms with Gasteiger partial charge in [-0.3, -0.25) is 4.79 Å². The third kappa shape index (κ3) is 4.37. The normalized spacial score (nSPS) is 10.5. The molecule has 7 heteroatoms. The summed E-state index contributed by atoms with van der Waals surface area (Å²) in [5.41, 5.74) is 1.92. The van der Waals surface area contributed by atoms with Crippen LogP contribution < -0.4 is 14.8 Å². The highest BCUT2D eigenvalue weighted by molar-refractivity contribution is 7.16. The van der Waals surface area contributed by atoms with E-state index >= 15 is 0 Å². The molecule has 0 saturated heterocycles. The van der Waals surface area contributed by atoms with Crippen LogP contribution in [0.25, 0.3) is 10.6 Å². The molecule has 3 rings (SSSR count). The number of hydrogen-bond donors (Lipinski definition) is 1. The van der Waals surface area contributed by atoms with Gasteiger partial charge in [0.2, 0.25) is 5.91 Å². The van der Waals surface area contributed by atoms with E-state index in [0.29, 0.717) is 29.5 Å². The molecule has 0 aliphatic heterocycles. The summed E-state index contributed by atoms with van der Waals surface area (Å²) in [7, 11) is 3.20. The van der Waals surface area contributed by atoms with E-state index in [2.05, 4.69) is 10.3 Å². The Labute approximate surface area is 154 Å². The first-order chi connectivity index (χ1) is 12.2. The summed E-state index contributed by atoms with van der Waals surface area (Å²) in [5.74, 6) is 1.29. The number of aromatic nitrogens is 1. The number of rotatable bonds is 7. The van der Waals surface area contributed by atoms with Crippen molar-refractivity contribution < 1.29 is 14.3 Å². The SMILES string of the molecule is COc1ccc(CCC(=O)Nc2nc(-c3cccs3)cs2)cc1OC. The Bertz CT molecular complexity index is 844. The number of nitrogens with one attached hydrogen (secondary N) is 1. The Kier molecular flexibility index (Phi) is 5.67. The number of thiazole rings is 1. The molecule has 0 unspecified atom stereocenters. The number of nitrogens with zero attached hydrogens (tertiary/aromatic N) is 1. The molecule has 0 spiro atoms. The van der Waals surface area contributed by atoms with Crippen molar-refractivity contribution in [2.45, 2.75) is 12.8 Å². The van der Waals surface area contributed by atoms with Crippen LogP contribution in [0.1, 0.15) is 12.0 Å². The van der Waals surface area contributed by atoms with Gasteiger partial charge in [-0.1, -0.05) is 12.1 Å². The van der Waals surface area contributed by atoms with E-state index in [4.69, 9.17) is 9.47 Å². The van der Waals surface area contributed by atoms with E-state index in [1.807, 2.05) is 41.1 Å². The zero-order chi connectivity index (χ0) is 17.6. The van der Waals surface area contributed by atoms with Crippen molar-refractivity contribution in [1.82, 2.24) is 4.98 Å². The van der Waals surface area contributed by atoms with Crippen LogP contribution in [0.4, 0.5) is 5.13 Å². The molecule has 0 saturated carbocycles. The zero-order valence-electron chi connectivity index (χ0n) is 13.9. The average molecular weight is 374 g/mol. The molecule has 0 radical (unpaired) electrons. The van der Waals surface area contributed by atoms with Crippen LogP contribution >= 0.6 is 22.7 Å². The largest absolute Gasteiger partial charge is 0.493 e. The summed E-state index contributed by atoms with van der Waals surface area (Å²) >= 11 is 3.07. The number of anilines is 1. The van der Waals surface area contributed by atoms with Crippen molar-refractivity contribution in [3.05, 3.63) is 46.7 Å². The van der Waals surface area contributed by atoms with Gasteiger partial charge in [-0.05, 0) is 35.6 Å². The minimum absolute atomic E-state index is 0.0538. The molecule has 1 N–H and O–H groups in total. The van der Waals surface area contributed by atoms with Crippen LogP contribution in [0.15, 0.2) is 41.1 Å². The topological polar surface area (TPSA) is 60.5 Å². The maximum Gasteiger partial charge on any atom is 0.226 e. The van der Waals surface area contributed by atoms with Crippen LogP contribution in [-0.2, 0) is 11.2 Å². The minimum atomic E-state index is -0.0538. The van der Waals surface area contributed by atoms with Crippen molar-refractivity contribution in [2.24, 2.45) is 0 Å². The van der Waals surface area contributed by atoms with Gasteiger partial charge < -0.3 is 14.8 Å². The highest BCUT2D eigenvalue weighted by Gasteiger charge is 2.10. The molecule has 1 amide bonds. The average Bonchev–Trinajstić information content (AvgIpc) is 3.31. The van der Waals surface area contributed by atoms with E-state index in [9.17, 15) is 4.79 Å². The Morgan fingerprint density at radius 3 is 2.72 bits per heavy atom. The van der Waals surface area contributed by atoms with Crippen molar-refractivity contribution in [3.63, 3.8) is 0 Å². The van der Waals surface area contributed by atoms with Crippen LogP contribution in [0, 0.1) is 0 Å². The third-order valence-electron chi connectivity index (χ3n) is 3.61. The summed E-state index contributed by atoms with van der Waals surface area (Å²) in [6.45, 7) is 0. The van der Waals surface area contributed by atoms with Gasteiger partial charge in [0.15, 0.2) is 16.6 Å². The molecule has 0 atom stereocenters. The highest BCUT2D eigenvalue weighted by Crippen LogP contribution is 2.29. The summed E-state index contributed by atoms with van der Waals surface area (Å²) < 4.78 is 10.5. The molecule has 0 bridgehead atoms. The molecule has 3 aromatic rings. The fraction of sp³-hybridized carbons (Fsp3) is 0.222. The quantitative estimate of drug-likeness (QED) is 0.663. The molecule has 0 aliphatic rings. The second kappa shape index (κ2) is 8.13. The van der Waals surface area contributed by atoms with Crippen molar-refractivity contribution in [2.75, 3.05) is 19.5 Å². The van der Waals surface area contributed by atoms with Gasteiger partial charge in [0.25, 0.3) is 0 Å². The Morgan fingerprint density at radius 2 is 2.00 bits per heavy atom. The summed E-state index contributed by atoms with van der Waals surface area (Å²) in [6, 6.07) is 9.68. The van der Waals surface area contributed by atoms with Gasteiger partial charge in [-0.2, -0.15) is 0 Å². The van der Waals surface area contributed by atoms with E-state index in [0.717, 1.165) is 16.1 Å². The monoisotopic (exact) mass is 374 g/mol. The van der Waals surface area contributed by atoms with Gasteiger partial charge in [-0.15, -0.1) is 22.7 Å². The van der Waals surface area contributed by atoms with E-state index < -0.39 is 0 Å². The lowest BCUT2D eigenvalue weighted by atomic mass is 10.1. The molecule has 25 heavy (non-hydrogen) atoms. The number of benzene rings is 1. The second-order valence-corrected chi connectivity index (χ2v) is 7.06. The number of amides is 1. The van der Waals surface area contributed by atoms with Gasteiger partial charge in [-0.25, -0.2) is 4.98 Å². The van der Waals surface area contributed by atoms with Crippen molar-refractivity contribution in [1.29, 1.82) is 0 Å². The Morgan fingerprint density at radius 1 is 1.16 bits per heavy atom. The minimum Gasteiger partial charge on any atom is -0.493 e. The summed E-state index contributed by atoms with van der Waals surface area (Å²) in [6.07, 6.45) is 0.999. The lowest BCUT2D eigenvalue weighted by molar-refractivity contribution is -0.116. The zero-order valence-corrected chi connectivity index (χ0v) is 15.6. The highest BCUT2D eigenvalue weighted by atomic mass is 32.1. The Hall–Kier alpha value is -2.38. The summed E-state index contributed by atoms with van der Waals surface area (Å²) in [4.78, 5) is 17.7. The van der Waals surface area contributed by atoms with Gasteiger partial charge >= 0.3 is 0 Å². The fourth-order valence-corrected chi connectivity index (χ4v) is 3.83. The maximum atomic E-state index is 12.2. The predicted octanol–water partition coefficient (Wildman–Crippen LogP) is 4.46. The first kappa shape index (κ1) is 17.4. The number of methoxy groups -OCH3 is 2. The van der Waals surface area contributed by atoms with Crippen molar-refractivity contribution >= 4 is 33.7 Å². The predicted molar refractivity (Wildman–Crippen MR) is 102 cm³/mol. The molecule has 0 fully saturated rings. The lowest BCUT2D eigenvalue weighted by Gasteiger charge is -2.09. The number of hydrogen-bond acceptors (Lipinski definition) is 6. The Balaban J connectivity index is 1.56. The second-order valence-electron chi connectivity index (χ2n) is 5.25. The molecule has 5 nitrogen and oxygen atoms in total. The smallest absolute Gasteiger partial charge is 0.226 e. The van der Waals surface area contributed by atoms with Gasteiger partial charge in [0, 0.05) is 11.8 Å².